The van der Waals surface area contributed by atoms with Crippen LogP contribution in [0.2, 0.25) is 0 Å². The van der Waals surface area contributed by atoms with Crippen molar-refractivity contribution in [2.45, 2.75) is 56.2 Å². The number of benzene rings is 1. The number of rotatable bonds is 6. The van der Waals surface area contributed by atoms with Gasteiger partial charge in [-0.15, -0.1) is 0 Å². The molecule has 8 heteroatoms. The quantitative estimate of drug-likeness (QED) is 0.576. The second-order valence-corrected chi connectivity index (χ2v) is 9.79. The van der Waals surface area contributed by atoms with E-state index in [4.69, 9.17) is 15.2 Å². The summed E-state index contributed by atoms with van der Waals surface area (Å²) >= 11 is 0. The molecule has 0 atom stereocenters. The summed E-state index contributed by atoms with van der Waals surface area (Å²) in [6.45, 7) is 3.25. The van der Waals surface area contributed by atoms with Crippen molar-refractivity contribution in [3.05, 3.63) is 48.5 Å². The lowest BCUT2D eigenvalue weighted by molar-refractivity contribution is 0.122. The predicted octanol–water partition coefficient (Wildman–Crippen LogP) is 3.61. The van der Waals surface area contributed by atoms with E-state index in [1.807, 2.05) is 6.20 Å². The third-order valence-electron chi connectivity index (χ3n) is 7.30. The highest BCUT2D eigenvalue weighted by molar-refractivity contribution is 5.85. The average Bonchev–Trinajstić information content (AvgIpc) is 3.64. The van der Waals surface area contributed by atoms with E-state index in [9.17, 15) is 0 Å². The first-order valence-corrected chi connectivity index (χ1v) is 12.4. The molecular formula is C26H32N6O2. The maximum Gasteiger partial charge on any atom is 0.149 e. The minimum Gasteiger partial charge on any atom is -0.488 e. The van der Waals surface area contributed by atoms with Gasteiger partial charge in [-0.3, -0.25) is 9.97 Å². The molecule has 0 amide bonds. The summed E-state index contributed by atoms with van der Waals surface area (Å²) in [6, 6.07) is 8.84. The molecule has 3 fully saturated rings. The molecule has 0 unspecified atom stereocenters. The number of aromatic nitrogens is 3. The number of hydrogen-bond acceptors (Lipinski definition) is 8. The molecule has 6 rings (SSSR count). The van der Waals surface area contributed by atoms with E-state index in [1.54, 1.807) is 12.4 Å². The molecule has 3 N–H and O–H groups in total. The third kappa shape index (κ3) is 4.52. The predicted molar refractivity (Wildman–Crippen MR) is 132 cm³/mol. The zero-order valence-electron chi connectivity index (χ0n) is 19.4. The van der Waals surface area contributed by atoms with Crippen LogP contribution in [-0.2, 0) is 10.3 Å². The highest BCUT2D eigenvalue weighted by Gasteiger charge is 2.41. The van der Waals surface area contributed by atoms with Gasteiger partial charge in [0.25, 0.3) is 0 Å². The van der Waals surface area contributed by atoms with Gasteiger partial charge in [0.2, 0.25) is 0 Å². The average molecular weight is 461 g/mol. The van der Waals surface area contributed by atoms with Gasteiger partial charge in [-0.1, -0.05) is 0 Å². The molecule has 2 aliphatic carbocycles. The smallest absolute Gasteiger partial charge is 0.149 e. The number of nitrogens with two attached hydrogens (primary N) is 1. The molecule has 1 aliphatic heterocycles. The summed E-state index contributed by atoms with van der Waals surface area (Å²) in [7, 11) is 0. The van der Waals surface area contributed by atoms with E-state index in [0.717, 1.165) is 98.7 Å². The fraction of sp³-hybridized carbons (Fsp3) is 0.500. The Kier molecular flexibility index (Phi) is 5.71. The van der Waals surface area contributed by atoms with Gasteiger partial charge in [-0.05, 0) is 56.7 Å². The number of morpholine rings is 1. The summed E-state index contributed by atoms with van der Waals surface area (Å²) in [6.07, 6.45) is 11.8. The van der Waals surface area contributed by atoms with Crippen LogP contribution in [0.4, 0.5) is 11.4 Å². The van der Waals surface area contributed by atoms with Gasteiger partial charge in [-0.2, -0.15) is 0 Å². The molecule has 2 aromatic heterocycles. The van der Waals surface area contributed by atoms with E-state index in [2.05, 4.69) is 49.4 Å². The molecule has 178 valence electrons. The summed E-state index contributed by atoms with van der Waals surface area (Å²) in [5.74, 6) is 0.832. The van der Waals surface area contributed by atoms with Crippen LogP contribution >= 0.6 is 0 Å². The Bertz CT molecular complexity index is 1140. The first-order valence-electron chi connectivity index (χ1n) is 12.4. The number of nitrogens with one attached hydrogen (secondary N) is 1. The van der Waals surface area contributed by atoms with Crippen molar-refractivity contribution in [1.29, 1.82) is 0 Å². The normalized spacial score (nSPS) is 24.1. The van der Waals surface area contributed by atoms with Crippen molar-refractivity contribution in [3.63, 3.8) is 0 Å². The van der Waals surface area contributed by atoms with Crippen LogP contribution in [0.25, 0.3) is 11.0 Å². The molecule has 3 aromatic rings. The van der Waals surface area contributed by atoms with Crippen LogP contribution < -0.4 is 20.7 Å². The molecule has 8 nitrogen and oxygen atoms in total. The van der Waals surface area contributed by atoms with Crippen LogP contribution in [0.1, 0.15) is 44.2 Å². The SMILES string of the molecule is NC1(c2ccc(NC3CCC(Oc4cc(N5CCOCC5)cc5nccnc45)CC3)cn2)CC1. The maximum absolute atomic E-state index is 6.54. The van der Waals surface area contributed by atoms with Gasteiger partial charge in [-0.25, -0.2) is 4.98 Å². The number of pyridine rings is 1. The Hall–Kier alpha value is -2.97. The third-order valence-corrected chi connectivity index (χ3v) is 7.30. The fourth-order valence-electron chi connectivity index (χ4n) is 5.03. The first kappa shape index (κ1) is 21.6. The second kappa shape index (κ2) is 9.00. The topological polar surface area (TPSA) is 98.4 Å². The standard InChI is InChI=1S/C26H32N6O2/c27-26(7-8-26)24-6-3-19(17-30-24)31-18-1-4-21(5-2-18)34-23-16-20(32-11-13-33-14-12-32)15-22-25(23)29-10-9-28-22/h3,6,9-10,15-18,21,31H,1-2,4-5,7-8,11-14,27H2. The minimum absolute atomic E-state index is 0.177. The maximum atomic E-state index is 6.54. The zero-order valence-corrected chi connectivity index (χ0v) is 19.4. The summed E-state index contributed by atoms with van der Waals surface area (Å²) in [5.41, 5.74) is 11.0. The number of ether oxygens (including phenoxy) is 2. The molecule has 0 radical (unpaired) electrons. The Morgan fingerprint density at radius 3 is 2.53 bits per heavy atom. The molecule has 3 heterocycles. The summed E-state index contributed by atoms with van der Waals surface area (Å²) in [4.78, 5) is 16.0. The molecule has 2 saturated carbocycles. The number of nitrogens with zero attached hydrogens (tertiary/aromatic N) is 4. The van der Waals surface area contributed by atoms with Crippen molar-refractivity contribution in [1.82, 2.24) is 15.0 Å². The van der Waals surface area contributed by atoms with Gasteiger partial charge in [0.1, 0.15) is 11.3 Å². The van der Waals surface area contributed by atoms with E-state index < -0.39 is 0 Å². The highest BCUT2D eigenvalue weighted by Crippen LogP contribution is 2.41. The lowest BCUT2D eigenvalue weighted by Crippen LogP contribution is -2.36. The van der Waals surface area contributed by atoms with E-state index >= 15 is 0 Å². The van der Waals surface area contributed by atoms with Gasteiger partial charge in [0.15, 0.2) is 0 Å². The van der Waals surface area contributed by atoms with Crippen molar-refractivity contribution in [2.24, 2.45) is 5.73 Å². The number of fused-ring (bicyclic) bond motifs is 1. The molecular weight excluding hydrogens is 428 g/mol. The summed E-state index contributed by atoms with van der Waals surface area (Å²) in [5, 5.41) is 3.65. The molecule has 1 aromatic carbocycles. The Labute approximate surface area is 199 Å². The van der Waals surface area contributed by atoms with Crippen molar-refractivity contribution >= 4 is 22.4 Å². The van der Waals surface area contributed by atoms with Crippen molar-refractivity contribution in [3.8, 4) is 5.75 Å². The van der Waals surface area contributed by atoms with Crippen LogP contribution in [0, 0.1) is 0 Å². The molecule has 0 bridgehead atoms. The van der Waals surface area contributed by atoms with Gasteiger partial charge < -0.3 is 25.4 Å². The molecule has 0 spiro atoms. The monoisotopic (exact) mass is 460 g/mol. The summed E-state index contributed by atoms with van der Waals surface area (Å²) < 4.78 is 12.1. The number of hydrogen-bond donors (Lipinski definition) is 2. The van der Waals surface area contributed by atoms with Crippen molar-refractivity contribution in [2.75, 3.05) is 36.5 Å². The van der Waals surface area contributed by atoms with Gasteiger partial charge >= 0.3 is 0 Å². The Morgan fingerprint density at radius 2 is 1.79 bits per heavy atom. The first-order chi connectivity index (χ1) is 16.7. The van der Waals surface area contributed by atoms with Crippen LogP contribution in [0.5, 0.6) is 5.75 Å². The van der Waals surface area contributed by atoms with E-state index in [0.29, 0.717) is 6.04 Å². The van der Waals surface area contributed by atoms with Gasteiger partial charge in [0, 0.05) is 43.3 Å². The van der Waals surface area contributed by atoms with Crippen LogP contribution in [0.15, 0.2) is 42.9 Å². The highest BCUT2D eigenvalue weighted by atomic mass is 16.5. The van der Waals surface area contributed by atoms with Crippen molar-refractivity contribution < 1.29 is 9.47 Å². The second-order valence-electron chi connectivity index (χ2n) is 9.79. The molecule has 34 heavy (non-hydrogen) atoms. The Morgan fingerprint density at radius 1 is 1.00 bits per heavy atom. The van der Waals surface area contributed by atoms with Crippen LogP contribution in [-0.4, -0.2) is 53.4 Å². The lowest BCUT2D eigenvalue weighted by atomic mass is 9.92. The molecule has 1 saturated heterocycles. The van der Waals surface area contributed by atoms with E-state index in [-0.39, 0.29) is 11.6 Å². The van der Waals surface area contributed by atoms with E-state index in [1.165, 1.54) is 0 Å². The minimum atomic E-state index is -0.179. The lowest BCUT2D eigenvalue weighted by Gasteiger charge is -2.31. The zero-order chi connectivity index (χ0) is 23.0. The Balaban J connectivity index is 1.10. The number of anilines is 2. The fourth-order valence-corrected chi connectivity index (χ4v) is 5.03. The van der Waals surface area contributed by atoms with Gasteiger partial charge in [0.05, 0.1) is 48.0 Å². The molecule has 3 aliphatic rings. The van der Waals surface area contributed by atoms with Crippen LogP contribution in [0.3, 0.4) is 0 Å². The largest absolute Gasteiger partial charge is 0.488 e.